The molecule has 0 aliphatic heterocycles. The van der Waals surface area contributed by atoms with Crippen molar-refractivity contribution in [3.63, 3.8) is 0 Å². The average molecular weight is 224 g/mol. The van der Waals surface area contributed by atoms with Crippen LogP contribution in [0.15, 0.2) is 36.8 Å². The van der Waals surface area contributed by atoms with E-state index in [1.54, 1.807) is 6.20 Å². The van der Waals surface area contributed by atoms with Crippen LogP contribution in [-0.4, -0.2) is 19.9 Å². The number of hydrogen-bond donors (Lipinski definition) is 1. The second-order valence-electron chi connectivity index (χ2n) is 4.05. The van der Waals surface area contributed by atoms with Gasteiger partial charge in [-0.25, -0.2) is 15.0 Å². The van der Waals surface area contributed by atoms with Gasteiger partial charge in [0.1, 0.15) is 17.7 Å². The Morgan fingerprint density at radius 2 is 2.12 bits per heavy atom. The van der Waals surface area contributed by atoms with Gasteiger partial charge in [0.05, 0.1) is 6.20 Å². The molecule has 4 heteroatoms. The molecule has 0 bridgehead atoms. The van der Waals surface area contributed by atoms with Crippen LogP contribution >= 0.6 is 0 Å². The molecule has 84 valence electrons. The summed E-state index contributed by atoms with van der Waals surface area (Å²) >= 11 is 0. The minimum absolute atomic E-state index is 0.726. The van der Waals surface area contributed by atoms with Crippen LogP contribution < -0.4 is 0 Å². The first-order valence-electron chi connectivity index (χ1n) is 5.52. The molecule has 0 amide bonds. The van der Waals surface area contributed by atoms with Crippen LogP contribution in [0.2, 0.25) is 0 Å². The quantitative estimate of drug-likeness (QED) is 0.726. The topological polar surface area (TPSA) is 54.5 Å². The molecule has 0 aliphatic carbocycles. The molecule has 17 heavy (non-hydrogen) atoms. The zero-order valence-corrected chi connectivity index (χ0v) is 9.51. The number of H-pyrrole nitrogens is 1. The van der Waals surface area contributed by atoms with Crippen LogP contribution in [0, 0.1) is 6.92 Å². The van der Waals surface area contributed by atoms with Gasteiger partial charge >= 0.3 is 0 Å². The summed E-state index contributed by atoms with van der Waals surface area (Å²) in [5, 5.41) is 0. The van der Waals surface area contributed by atoms with Crippen LogP contribution in [0.3, 0.4) is 0 Å². The molecule has 0 saturated carbocycles. The fourth-order valence-corrected chi connectivity index (χ4v) is 1.88. The van der Waals surface area contributed by atoms with Crippen molar-refractivity contribution in [3.05, 3.63) is 53.7 Å². The van der Waals surface area contributed by atoms with Gasteiger partial charge in [0.2, 0.25) is 0 Å². The Balaban J connectivity index is 1.98. The lowest BCUT2D eigenvalue weighted by atomic mass is 10.1. The lowest BCUT2D eigenvalue weighted by Gasteiger charge is -2.02. The number of aromatic nitrogens is 4. The third-order valence-corrected chi connectivity index (χ3v) is 2.83. The van der Waals surface area contributed by atoms with Crippen molar-refractivity contribution < 1.29 is 0 Å². The van der Waals surface area contributed by atoms with E-state index >= 15 is 0 Å². The Kier molecular flexibility index (Phi) is 2.33. The van der Waals surface area contributed by atoms with Crippen molar-refractivity contribution in [1.29, 1.82) is 0 Å². The highest BCUT2D eigenvalue weighted by atomic mass is 15.0. The Labute approximate surface area is 98.8 Å². The molecule has 0 aliphatic rings. The third-order valence-electron chi connectivity index (χ3n) is 2.83. The molecule has 3 rings (SSSR count). The second-order valence-corrected chi connectivity index (χ2v) is 4.05. The molecule has 1 N–H and O–H groups in total. The smallest absolute Gasteiger partial charge is 0.180 e. The largest absolute Gasteiger partial charge is 0.339 e. The van der Waals surface area contributed by atoms with Crippen LogP contribution in [0.5, 0.6) is 0 Å². The first-order valence-corrected chi connectivity index (χ1v) is 5.52. The average Bonchev–Trinajstić information content (AvgIpc) is 2.74. The van der Waals surface area contributed by atoms with Gasteiger partial charge in [0.25, 0.3) is 0 Å². The molecule has 2 heterocycles. The second kappa shape index (κ2) is 3.97. The monoisotopic (exact) mass is 224 g/mol. The molecule has 0 radical (unpaired) electrons. The van der Waals surface area contributed by atoms with Crippen molar-refractivity contribution in [2.24, 2.45) is 0 Å². The fourth-order valence-electron chi connectivity index (χ4n) is 1.88. The highest BCUT2D eigenvalue weighted by Crippen LogP contribution is 2.13. The van der Waals surface area contributed by atoms with Gasteiger partial charge in [0.15, 0.2) is 5.65 Å². The number of aryl methyl sites for hydroxylation is 1. The summed E-state index contributed by atoms with van der Waals surface area (Å²) in [7, 11) is 0. The third kappa shape index (κ3) is 1.89. The molecular weight excluding hydrogens is 212 g/mol. The molecule has 2 aromatic heterocycles. The summed E-state index contributed by atoms with van der Waals surface area (Å²) in [5.41, 5.74) is 4.17. The van der Waals surface area contributed by atoms with Crippen molar-refractivity contribution in [2.75, 3.05) is 0 Å². The Hall–Kier alpha value is -2.23. The Bertz CT molecular complexity index is 624. The van der Waals surface area contributed by atoms with E-state index in [1.807, 2.05) is 12.1 Å². The minimum atomic E-state index is 0.726. The maximum Gasteiger partial charge on any atom is 0.180 e. The molecule has 1 aromatic carbocycles. The summed E-state index contributed by atoms with van der Waals surface area (Å²) in [6.07, 6.45) is 4.06. The summed E-state index contributed by atoms with van der Waals surface area (Å²) in [6.45, 7) is 2.11. The normalized spacial score (nSPS) is 10.9. The number of hydrogen-bond acceptors (Lipinski definition) is 3. The van der Waals surface area contributed by atoms with E-state index in [9.17, 15) is 0 Å². The summed E-state index contributed by atoms with van der Waals surface area (Å²) in [5.74, 6) is 0.926. The zero-order valence-electron chi connectivity index (χ0n) is 9.51. The zero-order chi connectivity index (χ0) is 11.7. The van der Waals surface area contributed by atoms with Gasteiger partial charge in [-0.3, -0.25) is 0 Å². The summed E-state index contributed by atoms with van der Waals surface area (Å²) < 4.78 is 0. The van der Waals surface area contributed by atoms with Gasteiger partial charge in [-0.05, 0) is 18.1 Å². The number of benzene rings is 1. The molecule has 3 aromatic rings. The van der Waals surface area contributed by atoms with Gasteiger partial charge in [-0.2, -0.15) is 0 Å². The highest BCUT2D eigenvalue weighted by Gasteiger charge is 2.05. The van der Waals surface area contributed by atoms with E-state index < -0.39 is 0 Å². The Morgan fingerprint density at radius 3 is 2.94 bits per heavy atom. The van der Waals surface area contributed by atoms with E-state index in [-0.39, 0.29) is 0 Å². The van der Waals surface area contributed by atoms with Crippen LogP contribution in [-0.2, 0) is 6.42 Å². The Morgan fingerprint density at radius 1 is 1.24 bits per heavy atom. The number of fused-ring (bicyclic) bond motifs is 1. The molecule has 0 unspecified atom stereocenters. The summed E-state index contributed by atoms with van der Waals surface area (Å²) in [6, 6.07) is 8.32. The fraction of sp³-hybridized carbons (Fsp3) is 0.154. The first kappa shape index (κ1) is 9.96. The number of imidazole rings is 1. The molecule has 0 atom stereocenters. The maximum absolute atomic E-state index is 4.44. The lowest BCUT2D eigenvalue weighted by Crippen LogP contribution is -1.93. The SMILES string of the molecule is Cc1ccccc1Cc1nc2ncncc2[nH]1. The van der Waals surface area contributed by atoms with Crippen molar-refractivity contribution >= 4 is 11.2 Å². The van der Waals surface area contributed by atoms with Crippen molar-refractivity contribution in [3.8, 4) is 0 Å². The van der Waals surface area contributed by atoms with E-state index in [1.165, 1.54) is 17.5 Å². The van der Waals surface area contributed by atoms with Crippen LogP contribution in [0.25, 0.3) is 11.2 Å². The van der Waals surface area contributed by atoms with Crippen molar-refractivity contribution in [2.45, 2.75) is 13.3 Å². The predicted octanol–water partition coefficient (Wildman–Crippen LogP) is 2.25. The predicted molar refractivity (Wildman–Crippen MR) is 65.7 cm³/mol. The van der Waals surface area contributed by atoms with Crippen molar-refractivity contribution in [1.82, 2.24) is 19.9 Å². The molecule has 0 fully saturated rings. The van der Waals surface area contributed by atoms with Crippen LogP contribution in [0.4, 0.5) is 0 Å². The van der Waals surface area contributed by atoms with Gasteiger partial charge in [-0.1, -0.05) is 24.3 Å². The van der Waals surface area contributed by atoms with Gasteiger partial charge < -0.3 is 4.98 Å². The number of aromatic amines is 1. The van der Waals surface area contributed by atoms with Crippen LogP contribution in [0.1, 0.15) is 17.0 Å². The van der Waals surface area contributed by atoms with E-state index in [0.717, 1.165) is 23.4 Å². The lowest BCUT2D eigenvalue weighted by molar-refractivity contribution is 1.02. The van der Waals surface area contributed by atoms with Gasteiger partial charge in [0, 0.05) is 6.42 Å². The van der Waals surface area contributed by atoms with E-state index in [4.69, 9.17) is 0 Å². The molecular formula is C13H12N4. The van der Waals surface area contributed by atoms with Gasteiger partial charge in [-0.15, -0.1) is 0 Å². The number of rotatable bonds is 2. The number of nitrogens with one attached hydrogen (secondary N) is 1. The molecule has 0 saturated heterocycles. The first-order chi connectivity index (χ1) is 8.33. The molecule has 4 nitrogen and oxygen atoms in total. The number of nitrogens with zero attached hydrogens (tertiary/aromatic N) is 3. The molecule has 0 spiro atoms. The highest BCUT2D eigenvalue weighted by molar-refractivity contribution is 5.68. The van der Waals surface area contributed by atoms with E-state index in [0.29, 0.717) is 0 Å². The maximum atomic E-state index is 4.44. The minimum Gasteiger partial charge on any atom is -0.339 e. The summed E-state index contributed by atoms with van der Waals surface area (Å²) in [4.78, 5) is 15.8. The standard InChI is InChI=1S/C13H12N4/c1-9-4-2-3-5-10(9)6-12-16-11-7-14-8-15-13(11)17-12/h2-5,7-8H,6H2,1H3,(H,14,15,16,17). The van der Waals surface area contributed by atoms with E-state index in [2.05, 4.69) is 39.0 Å².